The predicted octanol–water partition coefficient (Wildman–Crippen LogP) is 1.74. The monoisotopic (exact) mass is 451 g/mol. The van der Waals surface area contributed by atoms with Gasteiger partial charge in [0.15, 0.2) is 6.29 Å². The largest absolute Gasteiger partial charge is 0.394 e. The van der Waals surface area contributed by atoms with Crippen molar-refractivity contribution in [2.75, 3.05) is 13.7 Å². The molecule has 0 bridgehead atoms. The number of hydrogen-bond acceptors (Lipinski definition) is 6. The standard InChI is InChI=1S/C26H29NO6/c1-27-14-19(20-11-3-4-12-21(20)27)10-6-8-17-7-5-9-18(13-17)16-32-25-23(29)22(15-28)33-26(31-2)24(25)30/h3-5,7,9,11-14,22-26,28-30H,10,15-16H2,1-2H3/t22-,23+,24-,25+,26-/m1/s1. The molecule has 1 aromatic heterocycles. The molecule has 0 saturated carbocycles. The van der Waals surface area contributed by atoms with Crippen LogP contribution in [0.5, 0.6) is 0 Å². The van der Waals surface area contributed by atoms with Crippen molar-refractivity contribution in [3.05, 3.63) is 71.4 Å². The van der Waals surface area contributed by atoms with Crippen LogP contribution in [0.25, 0.3) is 10.9 Å². The van der Waals surface area contributed by atoms with Crippen molar-refractivity contribution in [1.29, 1.82) is 0 Å². The highest BCUT2D eigenvalue weighted by atomic mass is 16.7. The molecule has 7 nitrogen and oxygen atoms in total. The Bertz CT molecular complexity index is 1130. The number of aliphatic hydroxyl groups is 3. The van der Waals surface area contributed by atoms with E-state index in [4.69, 9.17) is 14.2 Å². The minimum Gasteiger partial charge on any atom is -0.394 e. The molecule has 0 amide bonds. The normalized spacial score (nSPS) is 25.1. The lowest BCUT2D eigenvalue weighted by Gasteiger charge is -2.41. The molecule has 3 aromatic rings. The molecule has 0 aliphatic carbocycles. The Labute approximate surface area is 193 Å². The van der Waals surface area contributed by atoms with Crippen LogP contribution in [0.4, 0.5) is 0 Å². The summed E-state index contributed by atoms with van der Waals surface area (Å²) in [4.78, 5) is 0. The lowest BCUT2D eigenvalue weighted by Crippen LogP contribution is -2.59. The molecule has 1 fully saturated rings. The molecule has 33 heavy (non-hydrogen) atoms. The SMILES string of the molecule is CO[C@@H]1O[C@H](CO)[C@H](O)[C@H](OCc2cccc(C#CCc3cn(C)c4ccccc34)c2)[C@H]1O. The highest BCUT2D eigenvalue weighted by Gasteiger charge is 2.45. The minimum atomic E-state index is -1.18. The van der Waals surface area contributed by atoms with Crippen molar-refractivity contribution in [2.24, 2.45) is 7.05 Å². The summed E-state index contributed by atoms with van der Waals surface area (Å²) < 4.78 is 18.4. The summed E-state index contributed by atoms with van der Waals surface area (Å²) in [5.74, 6) is 6.46. The smallest absolute Gasteiger partial charge is 0.186 e. The Hall–Kier alpha value is -2.70. The van der Waals surface area contributed by atoms with Crippen LogP contribution in [-0.2, 0) is 34.3 Å². The summed E-state index contributed by atoms with van der Waals surface area (Å²) in [7, 11) is 3.42. The fourth-order valence-corrected chi connectivity index (χ4v) is 4.18. The molecule has 174 valence electrons. The van der Waals surface area contributed by atoms with Gasteiger partial charge in [-0.3, -0.25) is 0 Å². The number of aryl methyl sites for hydroxylation is 1. The summed E-state index contributed by atoms with van der Waals surface area (Å²) in [6.45, 7) is -0.248. The van der Waals surface area contributed by atoms with Crippen molar-refractivity contribution >= 4 is 10.9 Å². The van der Waals surface area contributed by atoms with Gasteiger partial charge in [-0.05, 0) is 29.3 Å². The van der Waals surface area contributed by atoms with Crippen LogP contribution in [0.2, 0.25) is 0 Å². The first-order valence-electron chi connectivity index (χ1n) is 10.9. The zero-order valence-corrected chi connectivity index (χ0v) is 18.7. The molecule has 1 aliphatic rings. The topological polar surface area (TPSA) is 93.3 Å². The van der Waals surface area contributed by atoms with Gasteiger partial charge in [-0.15, -0.1) is 0 Å². The number of rotatable bonds is 6. The Balaban J connectivity index is 1.42. The van der Waals surface area contributed by atoms with Gasteiger partial charge in [0.25, 0.3) is 0 Å². The molecule has 1 aliphatic heterocycles. The molecular formula is C26H29NO6. The predicted molar refractivity (Wildman–Crippen MR) is 123 cm³/mol. The molecule has 5 atom stereocenters. The third kappa shape index (κ3) is 5.12. The third-order valence-electron chi connectivity index (χ3n) is 5.91. The molecule has 0 unspecified atom stereocenters. The van der Waals surface area contributed by atoms with E-state index in [-0.39, 0.29) is 6.61 Å². The zero-order chi connectivity index (χ0) is 23.4. The molecule has 3 N–H and O–H groups in total. The van der Waals surface area contributed by atoms with Gasteiger partial charge in [0.2, 0.25) is 0 Å². The second-order valence-electron chi connectivity index (χ2n) is 8.18. The highest BCUT2D eigenvalue weighted by Crippen LogP contribution is 2.25. The summed E-state index contributed by atoms with van der Waals surface area (Å²) >= 11 is 0. The summed E-state index contributed by atoms with van der Waals surface area (Å²) in [5, 5.41) is 31.4. The lowest BCUT2D eigenvalue weighted by molar-refractivity contribution is -0.303. The Kier molecular flexibility index (Phi) is 7.46. The number of nitrogens with zero attached hydrogens (tertiary/aromatic N) is 1. The summed E-state index contributed by atoms with van der Waals surface area (Å²) in [5.41, 5.74) is 4.08. The van der Waals surface area contributed by atoms with Crippen LogP contribution in [0.15, 0.2) is 54.7 Å². The second-order valence-corrected chi connectivity index (χ2v) is 8.18. The highest BCUT2D eigenvalue weighted by molar-refractivity contribution is 5.84. The minimum absolute atomic E-state index is 0.159. The molecule has 0 radical (unpaired) electrons. The number of fused-ring (bicyclic) bond motifs is 1. The lowest BCUT2D eigenvalue weighted by atomic mass is 9.99. The van der Waals surface area contributed by atoms with E-state index in [1.54, 1.807) is 0 Å². The van der Waals surface area contributed by atoms with Gasteiger partial charge in [0.05, 0.1) is 13.2 Å². The molecule has 2 heterocycles. The van der Waals surface area contributed by atoms with Crippen LogP contribution >= 0.6 is 0 Å². The second kappa shape index (κ2) is 10.5. The number of aromatic nitrogens is 1. The van der Waals surface area contributed by atoms with E-state index in [2.05, 4.69) is 34.7 Å². The Morgan fingerprint density at radius 2 is 1.91 bits per heavy atom. The van der Waals surface area contributed by atoms with E-state index in [9.17, 15) is 15.3 Å². The van der Waals surface area contributed by atoms with Crippen molar-refractivity contribution in [3.8, 4) is 11.8 Å². The Morgan fingerprint density at radius 1 is 1.09 bits per heavy atom. The molecule has 7 heteroatoms. The number of para-hydroxylation sites is 1. The molecular weight excluding hydrogens is 422 g/mol. The average molecular weight is 452 g/mol. The maximum absolute atomic E-state index is 10.4. The van der Waals surface area contributed by atoms with Gasteiger partial charge in [0.1, 0.15) is 24.4 Å². The molecule has 2 aromatic carbocycles. The van der Waals surface area contributed by atoms with Crippen LogP contribution in [0.3, 0.4) is 0 Å². The van der Waals surface area contributed by atoms with E-state index in [0.717, 1.165) is 11.1 Å². The van der Waals surface area contributed by atoms with E-state index >= 15 is 0 Å². The molecule has 1 saturated heterocycles. The van der Waals surface area contributed by atoms with E-state index in [0.29, 0.717) is 6.42 Å². The van der Waals surface area contributed by atoms with E-state index < -0.39 is 37.3 Å². The summed E-state index contributed by atoms with van der Waals surface area (Å²) in [6, 6.07) is 15.9. The van der Waals surface area contributed by atoms with Gasteiger partial charge in [-0.2, -0.15) is 0 Å². The quantitative estimate of drug-likeness (QED) is 0.495. The van der Waals surface area contributed by atoms with E-state index in [1.165, 1.54) is 23.6 Å². The van der Waals surface area contributed by atoms with Gasteiger partial charge in [0, 0.05) is 43.2 Å². The zero-order valence-electron chi connectivity index (χ0n) is 18.7. The number of hydrogen-bond donors (Lipinski definition) is 3. The first kappa shape index (κ1) is 23.5. The third-order valence-corrected chi connectivity index (χ3v) is 5.91. The number of methoxy groups -OCH3 is 1. The van der Waals surface area contributed by atoms with E-state index in [1.807, 2.05) is 43.4 Å². The van der Waals surface area contributed by atoms with Gasteiger partial charge in [-0.25, -0.2) is 0 Å². The molecule has 4 rings (SSSR count). The Morgan fingerprint density at radius 3 is 2.70 bits per heavy atom. The maximum Gasteiger partial charge on any atom is 0.186 e. The van der Waals surface area contributed by atoms with Crippen LogP contribution < -0.4 is 0 Å². The summed E-state index contributed by atoms with van der Waals surface area (Å²) in [6.07, 6.45) is -2.44. The van der Waals surface area contributed by atoms with Crippen LogP contribution in [0.1, 0.15) is 16.7 Å². The number of benzene rings is 2. The van der Waals surface area contributed by atoms with Gasteiger partial charge < -0.3 is 34.1 Å². The first-order chi connectivity index (χ1) is 16.0. The van der Waals surface area contributed by atoms with Crippen LogP contribution in [-0.4, -0.2) is 64.3 Å². The molecule has 0 spiro atoms. The maximum atomic E-state index is 10.4. The number of ether oxygens (including phenoxy) is 3. The first-order valence-corrected chi connectivity index (χ1v) is 10.9. The fourth-order valence-electron chi connectivity index (χ4n) is 4.18. The van der Waals surface area contributed by atoms with Crippen molar-refractivity contribution in [2.45, 2.75) is 43.7 Å². The van der Waals surface area contributed by atoms with Crippen molar-refractivity contribution < 1.29 is 29.5 Å². The van der Waals surface area contributed by atoms with Crippen molar-refractivity contribution in [1.82, 2.24) is 4.57 Å². The van der Waals surface area contributed by atoms with Crippen molar-refractivity contribution in [3.63, 3.8) is 0 Å². The average Bonchev–Trinajstić information content (AvgIpc) is 3.15. The number of aliphatic hydroxyl groups excluding tert-OH is 3. The van der Waals surface area contributed by atoms with Crippen LogP contribution in [0, 0.1) is 11.8 Å². The fraction of sp³-hybridized carbons (Fsp3) is 0.385. The van der Waals surface area contributed by atoms with Gasteiger partial charge >= 0.3 is 0 Å². The van der Waals surface area contributed by atoms with Gasteiger partial charge in [-0.1, -0.05) is 42.2 Å².